The summed E-state index contributed by atoms with van der Waals surface area (Å²) in [5, 5.41) is 4.31. The van der Waals surface area contributed by atoms with E-state index in [2.05, 4.69) is 43.9 Å². The Kier molecular flexibility index (Phi) is 2.71. The second-order valence-corrected chi connectivity index (χ2v) is 9.79. The molecule has 14 heavy (non-hydrogen) atoms. The quantitative estimate of drug-likeness (QED) is 0.707. The smallest absolute Gasteiger partial charge is 0.321 e. The molecule has 1 aromatic rings. The van der Waals surface area contributed by atoms with Gasteiger partial charge in [-0.25, -0.2) is 0 Å². The highest BCUT2D eigenvalue weighted by atomic mass is 28.4. The van der Waals surface area contributed by atoms with Crippen molar-refractivity contribution in [2.45, 2.75) is 38.9 Å². The van der Waals surface area contributed by atoms with Crippen LogP contribution < -0.4 is 4.43 Å². The molecule has 0 saturated carbocycles. The van der Waals surface area contributed by atoms with Gasteiger partial charge in [-0.15, -0.1) is 5.10 Å². The Morgan fingerprint density at radius 2 is 1.93 bits per heavy atom. The normalized spacial score (nSPS) is 13.0. The lowest BCUT2D eigenvalue weighted by atomic mass is 10.2. The molecule has 80 valence electrons. The molecule has 0 unspecified atom stereocenters. The molecule has 0 saturated heterocycles. The average Bonchev–Trinajstić information content (AvgIpc) is 2.31. The maximum Gasteiger partial charge on any atom is 0.321 e. The number of hydrogen-bond acceptors (Lipinski definition) is 3. The van der Waals surface area contributed by atoms with E-state index in [0.29, 0.717) is 6.01 Å². The number of aryl methyl sites for hydroxylation is 1. The van der Waals surface area contributed by atoms with Crippen molar-refractivity contribution in [2.75, 3.05) is 0 Å². The first-order valence-corrected chi connectivity index (χ1v) is 7.68. The van der Waals surface area contributed by atoms with Crippen molar-refractivity contribution in [3.63, 3.8) is 0 Å². The van der Waals surface area contributed by atoms with Gasteiger partial charge in [-0.1, -0.05) is 20.8 Å². The van der Waals surface area contributed by atoms with Crippen LogP contribution in [0.15, 0.2) is 6.33 Å². The van der Waals surface area contributed by atoms with Gasteiger partial charge < -0.3 is 4.43 Å². The van der Waals surface area contributed by atoms with Gasteiger partial charge in [-0.2, -0.15) is 4.98 Å². The van der Waals surface area contributed by atoms with Crippen LogP contribution in [0, 0.1) is 0 Å². The fraction of sp³-hybridized carbons (Fsp3) is 0.778. The summed E-state index contributed by atoms with van der Waals surface area (Å²) >= 11 is 0. The minimum atomic E-state index is -1.77. The zero-order valence-electron chi connectivity index (χ0n) is 9.83. The van der Waals surface area contributed by atoms with Crippen LogP contribution in [0.5, 0.6) is 6.01 Å². The summed E-state index contributed by atoms with van der Waals surface area (Å²) in [4.78, 5) is 4.08. The molecule has 0 bridgehead atoms. The van der Waals surface area contributed by atoms with Gasteiger partial charge in [0.05, 0.1) is 0 Å². The molecule has 0 aliphatic rings. The molecule has 0 atom stereocenters. The van der Waals surface area contributed by atoms with Crippen molar-refractivity contribution >= 4 is 8.32 Å². The van der Waals surface area contributed by atoms with E-state index < -0.39 is 8.32 Å². The lowest BCUT2D eigenvalue weighted by Crippen LogP contribution is -2.44. The van der Waals surface area contributed by atoms with Crippen LogP contribution in [-0.4, -0.2) is 23.1 Å². The van der Waals surface area contributed by atoms with Crippen LogP contribution in [0.4, 0.5) is 0 Å². The van der Waals surface area contributed by atoms with E-state index in [0.717, 1.165) is 0 Å². The maximum atomic E-state index is 5.88. The van der Waals surface area contributed by atoms with Gasteiger partial charge in [-0.3, -0.25) is 4.68 Å². The summed E-state index contributed by atoms with van der Waals surface area (Å²) in [6.07, 6.45) is 1.66. The first kappa shape index (κ1) is 11.2. The molecule has 1 rings (SSSR count). The van der Waals surface area contributed by atoms with Crippen LogP contribution >= 0.6 is 0 Å². The van der Waals surface area contributed by atoms with E-state index in [1.54, 1.807) is 11.0 Å². The minimum absolute atomic E-state index is 0.187. The first-order valence-electron chi connectivity index (χ1n) is 4.77. The highest BCUT2D eigenvalue weighted by Gasteiger charge is 2.39. The molecular weight excluding hydrogens is 194 g/mol. The van der Waals surface area contributed by atoms with Gasteiger partial charge in [-0.05, 0) is 18.1 Å². The zero-order chi connectivity index (χ0) is 11.0. The summed E-state index contributed by atoms with van der Waals surface area (Å²) in [6, 6.07) is 0.499. The first-order chi connectivity index (χ1) is 6.22. The number of aromatic nitrogens is 3. The summed E-state index contributed by atoms with van der Waals surface area (Å²) in [5.74, 6) is 0. The molecule has 0 spiro atoms. The predicted molar refractivity (Wildman–Crippen MR) is 58.8 cm³/mol. The SMILES string of the molecule is Cn1cnc(O[Si](C)(C)C(C)(C)C)n1. The Morgan fingerprint density at radius 3 is 2.29 bits per heavy atom. The summed E-state index contributed by atoms with van der Waals surface area (Å²) < 4.78 is 7.54. The second kappa shape index (κ2) is 3.38. The van der Waals surface area contributed by atoms with Gasteiger partial charge in [0.1, 0.15) is 6.33 Å². The number of rotatable bonds is 2. The van der Waals surface area contributed by atoms with Gasteiger partial charge in [0.2, 0.25) is 0 Å². The molecule has 0 aliphatic heterocycles. The van der Waals surface area contributed by atoms with Crippen LogP contribution in [-0.2, 0) is 7.05 Å². The second-order valence-electron chi connectivity index (χ2n) is 5.06. The van der Waals surface area contributed by atoms with E-state index in [1.807, 2.05) is 7.05 Å². The molecule has 0 radical (unpaired) electrons. The van der Waals surface area contributed by atoms with E-state index in [-0.39, 0.29) is 5.04 Å². The molecule has 0 aliphatic carbocycles. The van der Waals surface area contributed by atoms with Gasteiger partial charge in [0.25, 0.3) is 8.32 Å². The zero-order valence-corrected chi connectivity index (χ0v) is 10.8. The van der Waals surface area contributed by atoms with Crippen LogP contribution in [0.25, 0.3) is 0 Å². The molecular formula is C9H19N3OSi. The van der Waals surface area contributed by atoms with Crippen LogP contribution in [0.1, 0.15) is 20.8 Å². The molecule has 0 aromatic carbocycles. The van der Waals surface area contributed by atoms with E-state index in [4.69, 9.17) is 4.43 Å². The highest BCUT2D eigenvalue weighted by molar-refractivity contribution is 6.74. The average molecular weight is 213 g/mol. The van der Waals surface area contributed by atoms with Crippen LogP contribution in [0.3, 0.4) is 0 Å². The molecule has 0 amide bonds. The third-order valence-corrected chi connectivity index (χ3v) is 7.04. The topological polar surface area (TPSA) is 39.9 Å². The fourth-order valence-corrected chi connectivity index (χ4v) is 1.60. The van der Waals surface area contributed by atoms with Crippen molar-refractivity contribution in [2.24, 2.45) is 7.05 Å². The van der Waals surface area contributed by atoms with E-state index >= 15 is 0 Å². The summed E-state index contributed by atoms with van der Waals surface area (Å²) in [7, 11) is 0.0681. The van der Waals surface area contributed by atoms with Gasteiger partial charge >= 0.3 is 6.01 Å². The molecule has 1 aromatic heterocycles. The molecule has 4 nitrogen and oxygen atoms in total. The summed E-state index contributed by atoms with van der Waals surface area (Å²) in [5.41, 5.74) is 0. The largest absolute Gasteiger partial charge is 0.516 e. The van der Waals surface area contributed by atoms with Crippen molar-refractivity contribution in [1.29, 1.82) is 0 Å². The molecule has 1 heterocycles. The monoisotopic (exact) mass is 213 g/mol. The Balaban J connectivity index is 2.78. The van der Waals surface area contributed by atoms with Crippen LogP contribution in [0.2, 0.25) is 18.1 Å². The summed E-state index contributed by atoms with van der Waals surface area (Å²) in [6.45, 7) is 11.0. The Hall–Kier alpha value is -0.843. The number of nitrogens with zero attached hydrogens (tertiary/aromatic N) is 3. The van der Waals surface area contributed by atoms with Gasteiger partial charge in [0.15, 0.2) is 0 Å². The molecule has 0 fully saturated rings. The van der Waals surface area contributed by atoms with E-state index in [9.17, 15) is 0 Å². The standard InChI is InChI=1S/C9H19N3OSi/c1-9(2,3)14(5,6)13-8-10-7-12(4)11-8/h7H,1-6H3. The highest BCUT2D eigenvalue weighted by Crippen LogP contribution is 2.36. The van der Waals surface area contributed by atoms with Crippen molar-refractivity contribution < 1.29 is 4.43 Å². The van der Waals surface area contributed by atoms with E-state index in [1.165, 1.54) is 0 Å². The molecule has 5 heteroatoms. The minimum Gasteiger partial charge on any atom is -0.516 e. The third-order valence-electron chi connectivity index (χ3n) is 2.73. The number of hydrogen-bond donors (Lipinski definition) is 0. The molecule has 0 N–H and O–H groups in total. The Morgan fingerprint density at radius 1 is 1.36 bits per heavy atom. The Labute approximate surface area is 86.4 Å². The van der Waals surface area contributed by atoms with Crippen molar-refractivity contribution in [3.05, 3.63) is 6.33 Å². The van der Waals surface area contributed by atoms with Crippen molar-refractivity contribution in [1.82, 2.24) is 14.8 Å². The van der Waals surface area contributed by atoms with Gasteiger partial charge in [0, 0.05) is 7.05 Å². The Bertz CT molecular complexity index is 314. The van der Waals surface area contributed by atoms with Crippen molar-refractivity contribution in [3.8, 4) is 6.01 Å². The fourth-order valence-electron chi connectivity index (χ4n) is 0.748. The third kappa shape index (κ3) is 2.34. The predicted octanol–water partition coefficient (Wildman–Crippen LogP) is 2.20. The maximum absolute atomic E-state index is 5.88. The lowest BCUT2D eigenvalue weighted by molar-refractivity contribution is 0.456. The lowest BCUT2D eigenvalue weighted by Gasteiger charge is -2.34.